The fraction of sp³-hybridized carbons (Fsp3) is 0.500. The Labute approximate surface area is 87.5 Å². The van der Waals surface area contributed by atoms with E-state index in [1.807, 2.05) is 11.9 Å². The van der Waals surface area contributed by atoms with Crippen LogP contribution >= 0.6 is 12.4 Å². The van der Waals surface area contributed by atoms with E-state index in [1.165, 1.54) is 0 Å². The molecule has 0 saturated carbocycles. The second-order valence-electron chi connectivity index (χ2n) is 3.30. The molecule has 78 valence electrons. The van der Waals surface area contributed by atoms with Crippen LogP contribution in [0.15, 0.2) is 6.33 Å². The highest BCUT2D eigenvalue weighted by atomic mass is 35.5. The maximum atomic E-state index is 10.8. The summed E-state index contributed by atoms with van der Waals surface area (Å²) in [4.78, 5) is 19.7. The predicted molar refractivity (Wildman–Crippen MR) is 52.4 cm³/mol. The highest BCUT2D eigenvalue weighted by molar-refractivity contribution is 5.85. The van der Waals surface area contributed by atoms with E-state index in [1.54, 1.807) is 6.33 Å². The second-order valence-corrected chi connectivity index (χ2v) is 3.30. The Hall–Kier alpha value is -1.07. The molecule has 2 rings (SSSR count). The van der Waals surface area contributed by atoms with E-state index in [2.05, 4.69) is 9.97 Å². The normalized spacial score (nSPS) is 21.1. The Kier molecular flexibility index (Phi) is 3.13. The predicted octanol–water partition coefficient (Wildman–Crippen LogP) is 0.273. The molecular weight excluding hydrogens is 206 g/mol. The summed E-state index contributed by atoms with van der Waals surface area (Å²) in [6, 6.07) is -0.434. The minimum atomic E-state index is -0.781. The number of aromatic amines is 1. The standard InChI is InChI=1S/C8H11N3O2.ClH/c1-11-3-6-5(9-4-10-6)2-7(11)8(12)13;/h4,7H,2-3H2,1H3,(H,9,10)(H,12,13);1H/t7-;/m0./s1. The van der Waals surface area contributed by atoms with E-state index >= 15 is 0 Å². The Balaban J connectivity index is 0.000000980. The van der Waals surface area contributed by atoms with E-state index in [0.29, 0.717) is 13.0 Å². The minimum Gasteiger partial charge on any atom is -0.480 e. The number of nitrogens with zero attached hydrogens (tertiary/aromatic N) is 2. The molecule has 0 aliphatic carbocycles. The van der Waals surface area contributed by atoms with Gasteiger partial charge in [0.05, 0.1) is 17.7 Å². The SMILES string of the molecule is CN1Cc2[nH]cnc2C[C@H]1C(=O)O.Cl. The first kappa shape index (κ1) is 11.0. The van der Waals surface area contributed by atoms with Gasteiger partial charge in [-0.15, -0.1) is 12.4 Å². The van der Waals surface area contributed by atoms with Gasteiger partial charge in [0.2, 0.25) is 0 Å². The van der Waals surface area contributed by atoms with Gasteiger partial charge >= 0.3 is 5.97 Å². The molecule has 2 heterocycles. The number of nitrogens with one attached hydrogen (secondary N) is 1. The van der Waals surface area contributed by atoms with Crippen LogP contribution in [0.3, 0.4) is 0 Å². The summed E-state index contributed by atoms with van der Waals surface area (Å²) < 4.78 is 0. The third kappa shape index (κ3) is 1.73. The Morgan fingerprint density at radius 2 is 2.50 bits per heavy atom. The van der Waals surface area contributed by atoms with Crippen molar-refractivity contribution in [1.29, 1.82) is 0 Å². The maximum absolute atomic E-state index is 10.8. The second kappa shape index (κ2) is 3.98. The Morgan fingerprint density at radius 1 is 1.79 bits per heavy atom. The first-order valence-electron chi connectivity index (χ1n) is 4.12. The molecule has 5 nitrogen and oxygen atoms in total. The monoisotopic (exact) mass is 217 g/mol. The summed E-state index contributed by atoms with van der Waals surface area (Å²) in [5.74, 6) is -0.781. The van der Waals surface area contributed by atoms with E-state index in [0.717, 1.165) is 11.4 Å². The van der Waals surface area contributed by atoms with Crippen molar-refractivity contribution in [2.75, 3.05) is 7.05 Å². The van der Waals surface area contributed by atoms with Crippen molar-refractivity contribution in [1.82, 2.24) is 14.9 Å². The van der Waals surface area contributed by atoms with Gasteiger partial charge in [0, 0.05) is 13.0 Å². The van der Waals surface area contributed by atoms with Crippen molar-refractivity contribution in [3.63, 3.8) is 0 Å². The number of hydrogen-bond acceptors (Lipinski definition) is 3. The lowest BCUT2D eigenvalue weighted by Gasteiger charge is -2.28. The molecule has 0 radical (unpaired) electrons. The highest BCUT2D eigenvalue weighted by Crippen LogP contribution is 2.18. The van der Waals surface area contributed by atoms with Crippen molar-refractivity contribution < 1.29 is 9.90 Å². The number of rotatable bonds is 1. The van der Waals surface area contributed by atoms with Crippen LogP contribution in [0, 0.1) is 0 Å². The topological polar surface area (TPSA) is 69.2 Å². The molecule has 2 N–H and O–H groups in total. The zero-order valence-electron chi connectivity index (χ0n) is 7.73. The molecular formula is C8H12ClN3O2. The van der Waals surface area contributed by atoms with E-state index in [4.69, 9.17) is 5.11 Å². The van der Waals surface area contributed by atoms with Gasteiger partial charge in [-0.2, -0.15) is 0 Å². The zero-order chi connectivity index (χ0) is 9.42. The average molecular weight is 218 g/mol. The number of halogens is 1. The van der Waals surface area contributed by atoms with Gasteiger partial charge in [0.25, 0.3) is 0 Å². The molecule has 0 saturated heterocycles. The Morgan fingerprint density at radius 3 is 3.14 bits per heavy atom. The van der Waals surface area contributed by atoms with Crippen LogP contribution in [0.25, 0.3) is 0 Å². The number of aliphatic carboxylic acids is 1. The molecule has 0 amide bonds. The van der Waals surface area contributed by atoms with Gasteiger partial charge in [-0.25, -0.2) is 4.98 Å². The van der Waals surface area contributed by atoms with Gasteiger partial charge < -0.3 is 10.1 Å². The quantitative estimate of drug-likeness (QED) is 0.709. The largest absolute Gasteiger partial charge is 0.480 e. The van der Waals surface area contributed by atoms with E-state index in [9.17, 15) is 4.79 Å². The van der Waals surface area contributed by atoms with Crippen molar-refractivity contribution >= 4 is 18.4 Å². The fourth-order valence-corrected chi connectivity index (χ4v) is 1.64. The maximum Gasteiger partial charge on any atom is 0.321 e. The van der Waals surface area contributed by atoms with Gasteiger partial charge in [0.15, 0.2) is 0 Å². The summed E-state index contributed by atoms with van der Waals surface area (Å²) in [6.07, 6.45) is 2.10. The van der Waals surface area contributed by atoms with Gasteiger partial charge in [-0.05, 0) is 7.05 Å². The zero-order valence-corrected chi connectivity index (χ0v) is 8.54. The smallest absolute Gasteiger partial charge is 0.321 e. The van der Waals surface area contributed by atoms with Crippen LogP contribution in [0.1, 0.15) is 11.4 Å². The number of aromatic nitrogens is 2. The summed E-state index contributed by atoms with van der Waals surface area (Å²) >= 11 is 0. The average Bonchev–Trinajstić information content (AvgIpc) is 2.48. The van der Waals surface area contributed by atoms with E-state index in [-0.39, 0.29) is 12.4 Å². The third-order valence-corrected chi connectivity index (χ3v) is 2.42. The number of likely N-dealkylation sites (N-methyl/N-ethyl adjacent to an activating group) is 1. The first-order valence-corrected chi connectivity index (χ1v) is 4.12. The number of carboxylic acids is 1. The number of fused-ring (bicyclic) bond motifs is 1. The lowest BCUT2D eigenvalue weighted by molar-refractivity contribution is -0.143. The van der Waals surface area contributed by atoms with Crippen LogP contribution in [0.2, 0.25) is 0 Å². The molecule has 6 heteroatoms. The summed E-state index contributed by atoms with van der Waals surface area (Å²) in [7, 11) is 1.81. The Bertz CT molecular complexity index is 339. The molecule has 0 unspecified atom stereocenters. The van der Waals surface area contributed by atoms with E-state index < -0.39 is 12.0 Å². The van der Waals surface area contributed by atoms with Gasteiger partial charge in [0.1, 0.15) is 6.04 Å². The number of H-pyrrole nitrogens is 1. The minimum absolute atomic E-state index is 0. The lowest BCUT2D eigenvalue weighted by Crippen LogP contribution is -2.43. The molecule has 14 heavy (non-hydrogen) atoms. The van der Waals surface area contributed by atoms with Crippen molar-refractivity contribution in [2.45, 2.75) is 19.0 Å². The fourth-order valence-electron chi connectivity index (χ4n) is 1.64. The molecule has 1 atom stereocenters. The third-order valence-electron chi connectivity index (χ3n) is 2.42. The van der Waals surface area contributed by atoms with Crippen molar-refractivity contribution in [3.8, 4) is 0 Å². The lowest BCUT2D eigenvalue weighted by atomic mass is 10.0. The number of hydrogen-bond donors (Lipinski definition) is 2. The highest BCUT2D eigenvalue weighted by Gasteiger charge is 2.29. The van der Waals surface area contributed by atoms with Crippen LogP contribution in [-0.2, 0) is 17.8 Å². The molecule has 0 spiro atoms. The molecule has 0 aromatic carbocycles. The summed E-state index contributed by atoms with van der Waals surface area (Å²) in [5.41, 5.74) is 1.91. The van der Waals surface area contributed by atoms with Crippen LogP contribution < -0.4 is 0 Å². The molecule has 0 bridgehead atoms. The van der Waals surface area contributed by atoms with Crippen LogP contribution in [-0.4, -0.2) is 39.0 Å². The van der Waals surface area contributed by atoms with Crippen molar-refractivity contribution in [2.24, 2.45) is 0 Å². The van der Waals surface area contributed by atoms with Crippen LogP contribution in [0.4, 0.5) is 0 Å². The van der Waals surface area contributed by atoms with Crippen molar-refractivity contribution in [3.05, 3.63) is 17.7 Å². The number of carbonyl (C=O) groups is 1. The van der Waals surface area contributed by atoms with Gasteiger partial charge in [-0.3, -0.25) is 9.69 Å². The molecule has 1 aromatic heterocycles. The summed E-state index contributed by atoms with van der Waals surface area (Å²) in [6.45, 7) is 0.631. The van der Waals surface area contributed by atoms with Crippen LogP contribution in [0.5, 0.6) is 0 Å². The number of carboxylic acid groups (broad SMARTS) is 1. The molecule has 1 aliphatic heterocycles. The first-order chi connectivity index (χ1) is 6.18. The van der Waals surface area contributed by atoms with Gasteiger partial charge in [-0.1, -0.05) is 0 Å². The summed E-state index contributed by atoms with van der Waals surface area (Å²) in [5, 5.41) is 8.89. The number of imidazole rings is 1. The molecule has 1 aliphatic rings. The molecule has 0 fully saturated rings. The molecule has 1 aromatic rings.